The van der Waals surface area contributed by atoms with Gasteiger partial charge in [0.1, 0.15) is 6.61 Å². The zero-order valence-corrected chi connectivity index (χ0v) is 16.6. The Morgan fingerprint density at radius 3 is 2.75 bits per heavy atom. The molecule has 0 unspecified atom stereocenters. The Kier molecular flexibility index (Phi) is 6.53. The average Bonchev–Trinajstić information content (AvgIpc) is 2.89. The summed E-state index contributed by atoms with van der Waals surface area (Å²) in [5, 5.41) is 17.9. The van der Waals surface area contributed by atoms with Gasteiger partial charge in [-0.2, -0.15) is 4.68 Å². The predicted molar refractivity (Wildman–Crippen MR) is 105 cm³/mol. The van der Waals surface area contributed by atoms with Crippen molar-refractivity contribution < 1.29 is 14.6 Å². The number of nitrogens with zero attached hydrogens (tertiary/aromatic N) is 2. The van der Waals surface area contributed by atoms with E-state index in [0.29, 0.717) is 24.4 Å². The van der Waals surface area contributed by atoms with Crippen LogP contribution in [0.25, 0.3) is 5.69 Å². The molecule has 1 aliphatic carbocycles. The number of amides is 1. The molecule has 0 saturated heterocycles. The number of nitrogens with one attached hydrogen (secondary N) is 2. The van der Waals surface area contributed by atoms with E-state index < -0.39 is 17.2 Å². The molecule has 1 saturated carbocycles. The largest absolute Gasteiger partial charge is 0.388 e. The SMILES string of the molecule is COCc1nn(-c2ccc(Cl)c(C(=O)NCC3(O)CCCCCC3)c2)c(=O)[nH]1. The zero-order valence-electron chi connectivity index (χ0n) is 15.8. The normalized spacial score (nSPS) is 16.5. The molecule has 152 valence electrons. The van der Waals surface area contributed by atoms with Gasteiger partial charge in [0.05, 0.1) is 21.9 Å². The summed E-state index contributed by atoms with van der Waals surface area (Å²) >= 11 is 6.20. The third-order valence-electron chi connectivity index (χ3n) is 5.00. The number of hydrogen-bond donors (Lipinski definition) is 3. The molecule has 1 aromatic heterocycles. The fourth-order valence-electron chi connectivity index (χ4n) is 3.47. The van der Waals surface area contributed by atoms with E-state index in [1.54, 1.807) is 12.1 Å². The Hall–Kier alpha value is -2.16. The van der Waals surface area contributed by atoms with E-state index >= 15 is 0 Å². The molecule has 0 aliphatic heterocycles. The summed E-state index contributed by atoms with van der Waals surface area (Å²) in [6.07, 6.45) is 5.46. The van der Waals surface area contributed by atoms with Crippen molar-refractivity contribution in [2.75, 3.05) is 13.7 Å². The predicted octanol–water partition coefficient (Wildman–Crippen LogP) is 2.18. The number of methoxy groups -OCH3 is 1. The van der Waals surface area contributed by atoms with Gasteiger partial charge >= 0.3 is 5.69 Å². The Morgan fingerprint density at radius 2 is 2.07 bits per heavy atom. The Morgan fingerprint density at radius 1 is 1.36 bits per heavy atom. The van der Waals surface area contributed by atoms with Gasteiger partial charge in [-0.15, -0.1) is 5.10 Å². The second-order valence-electron chi connectivity index (χ2n) is 7.21. The van der Waals surface area contributed by atoms with Crippen molar-refractivity contribution in [1.29, 1.82) is 0 Å². The number of rotatable bonds is 6. The number of carbonyl (C=O) groups is 1. The molecule has 0 bridgehead atoms. The van der Waals surface area contributed by atoms with Crippen LogP contribution in [-0.2, 0) is 11.3 Å². The molecule has 8 nitrogen and oxygen atoms in total. The maximum atomic E-state index is 12.7. The lowest BCUT2D eigenvalue weighted by Crippen LogP contribution is -2.42. The number of aliphatic hydroxyl groups is 1. The third-order valence-corrected chi connectivity index (χ3v) is 5.33. The number of H-pyrrole nitrogens is 1. The van der Waals surface area contributed by atoms with E-state index in [-0.39, 0.29) is 23.7 Å². The summed E-state index contributed by atoms with van der Waals surface area (Å²) in [4.78, 5) is 27.4. The lowest BCUT2D eigenvalue weighted by Gasteiger charge is -2.26. The third kappa shape index (κ3) is 4.81. The molecule has 1 heterocycles. The molecule has 28 heavy (non-hydrogen) atoms. The van der Waals surface area contributed by atoms with Gasteiger partial charge in [0, 0.05) is 13.7 Å². The lowest BCUT2D eigenvalue weighted by molar-refractivity contribution is 0.0246. The van der Waals surface area contributed by atoms with Crippen molar-refractivity contribution in [1.82, 2.24) is 20.1 Å². The van der Waals surface area contributed by atoms with Gasteiger partial charge in [-0.1, -0.05) is 37.3 Å². The summed E-state index contributed by atoms with van der Waals surface area (Å²) in [7, 11) is 1.50. The number of ether oxygens (including phenoxy) is 1. The number of hydrogen-bond acceptors (Lipinski definition) is 5. The molecule has 9 heteroatoms. The fraction of sp³-hybridized carbons (Fsp3) is 0.526. The highest BCUT2D eigenvalue weighted by molar-refractivity contribution is 6.33. The molecule has 1 aliphatic rings. The highest BCUT2D eigenvalue weighted by Crippen LogP contribution is 2.26. The fourth-order valence-corrected chi connectivity index (χ4v) is 3.67. The molecular weight excluding hydrogens is 384 g/mol. The molecule has 1 fully saturated rings. The number of aromatic amines is 1. The molecule has 1 aromatic carbocycles. The molecule has 2 aromatic rings. The monoisotopic (exact) mass is 408 g/mol. The summed E-state index contributed by atoms with van der Waals surface area (Å²) < 4.78 is 6.12. The van der Waals surface area contributed by atoms with Crippen LogP contribution in [-0.4, -0.2) is 45.0 Å². The van der Waals surface area contributed by atoms with E-state index in [0.717, 1.165) is 30.4 Å². The van der Waals surface area contributed by atoms with Gasteiger partial charge in [0.2, 0.25) is 0 Å². The van der Waals surface area contributed by atoms with Crippen LogP contribution in [0.3, 0.4) is 0 Å². The van der Waals surface area contributed by atoms with Crippen molar-refractivity contribution >= 4 is 17.5 Å². The van der Waals surface area contributed by atoms with Crippen LogP contribution in [0.5, 0.6) is 0 Å². The smallest absolute Gasteiger partial charge is 0.348 e. The van der Waals surface area contributed by atoms with Crippen LogP contribution in [0.4, 0.5) is 0 Å². The molecule has 0 spiro atoms. The van der Waals surface area contributed by atoms with Gasteiger partial charge in [-0.05, 0) is 31.0 Å². The molecule has 3 rings (SSSR count). The first-order valence-corrected chi connectivity index (χ1v) is 9.77. The molecule has 1 amide bonds. The van der Waals surface area contributed by atoms with E-state index in [1.807, 2.05) is 0 Å². The van der Waals surface area contributed by atoms with Crippen molar-refractivity contribution in [3.8, 4) is 5.69 Å². The highest BCUT2D eigenvalue weighted by Gasteiger charge is 2.28. The minimum Gasteiger partial charge on any atom is -0.388 e. The maximum Gasteiger partial charge on any atom is 0.348 e. The maximum absolute atomic E-state index is 12.7. The van der Waals surface area contributed by atoms with E-state index in [2.05, 4.69) is 15.4 Å². The first-order valence-electron chi connectivity index (χ1n) is 9.39. The Labute approximate surface area is 167 Å². The summed E-state index contributed by atoms with van der Waals surface area (Å²) in [6.45, 7) is 0.342. The number of halogens is 1. The van der Waals surface area contributed by atoms with Gasteiger partial charge in [-0.25, -0.2) is 4.79 Å². The number of benzene rings is 1. The van der Waals surface area contributed by atoms with Crippen molar-refractivity contribution in [2.45, 2.75) is 50.7 Å². The van der Waals surface area contributed by atoms with E-state index in [4.69, 9.17) is 16.3 Å². The van der Waals surface area contributed by atoms with Gasteiger partial charge in [-0.3, -0.25) is 9.78 Å². The summed E-state index contributed by atoms with van der Waals surface area (Å²) in [6, 6.07) is 4.66. The summed E-state index contributed by atoms with van der Waals surface area (Å²) in [5.41, 5.74) is -0.691. The second kappa shape index (κ2) is 8.89. The first-order chi connectivity index (χ1) is 13.4. The zero-order chi connectivity index (χ0) is 20.1. The Bertz CT molecular complexity index is 884. The quantitative estimate of drug-likeness (QED) is 0.634. The first kappa shape index (κ1) is 20.6. The number of aromatic nitrogens is 3. The molecule has 0 atom stereocenters. The van der Waals surface area contributed by atoms with Crippen LogP contribution < -0.4 is 11.0 Å². The molecule has 0 radical (unpaired) electrons. The minimum atomic E-state index is -0.884. The standard InChI is InChI=1S/C19H25ClN4O4/c1-28-11-16-22-18(26)24(23-16)13-6-7-15(20)14(10-13)17(25)21-12-19(27)8-4-2-3-5-9-19/h6-7,10,27H,2-5,8-9,11-12H2,1H3,(H,21,25)(H,22,23,26). The molecular formula is C19H25ClN4O4. The minimum absolute atomic E-state index is 0.168. The van der Waals surface area contributed by atoms with Crippen molar-refractivity contribution in [3.63, 3.8) is 0 Å². The second-order valence-corrected chi connectivity index (χ2v) is 7.61. The van der Waals surface area contributed by atoms with Crippen LogP contribution >= 0.6 is 11.6 Å². The topological polar surface area (TPSA) is 109 Å². The average molecular weight is 409 g/mol. The molecule has 3 N–H and O–H groups in total. The van der Waals surface area contributed by atoms with Gasteiger partial charge in [0.15, 0.2) is 5.82 Å². The number of carbonyl (C=O) groups excluding carboxylic acids is 1. The highest BCUT2D eigenvalue weighted by atomic mass is 35.5. The Balaban J connectivity index is 1.77. The van der Waals surface area contributed by atoms with E-state index in [9.17, 15) is 14.7 Å². The lowest BCUT2D eigenvalue weighted by atomic mass is 9.94. The van der Waals surface area contributed by atoms with Crippen molar-refractivity contribution in [3.05, 3.63) is 45.1 Å². The van der Waals surface area contributed by atoms with Crippen LogP contribution in [0, 0.1) is 0 Å². The summed E-state index contributed by atoms with van der Waals surface area (Å²) in [5.74, 6) is -0.0192. The van der Waals surface area contributed by atoms with E-state index in [1.165, 1.54) is 13.2 Å². The van der Waals surface area contributed by atoms with Gasteiger partial charge in [0.25, 0.3) is 5.91 Å². The van der Waals surface area contributed by atoms with Crippen LogP contribution in [0.2, 0.25) is 5.02 Å². The van der Waals surface area contributed by atoms with Crippen LogP contribution in [0.1, 0.15) is 54.7 Å². The van der Waals surface area contributed by atoms with Crippen LogP contribution in [0.15, 0.2) is 23.0 Å². The van der Waals surface area contributed by atoms with Gasteiger partial charge < -0.3 is 15.2 Å². The van der Waals surface area contributed by atoms with Crippen molar-refractivity contribution in [2.24, 2.45) is 0 Å².